The van der Waals surface area contributed by atoms with Crippen LogP contribution in [0.3, 0.4) is 0 Å². The Hall–Kier alpha value is -2.55. The van der Waals surface area contributed by atoms with Crippen LogP contribution in [0.4, 0.5) is 24.7 Å². The van der Waals surface area contributed by atoms with Gasteiger partial charge in [-0.1, -0.05) is 13.8 Å². The van der Waals surface area contributed by atoms with Gasteiger partial charge in [-0.05, 0) is 55.2 Å². The summed E-state index contributed by atoms with van der Waals surface area (Å²) in [6.07, 6.45) is 0.311. The van der Waals surface area contributed by atoms with Crippen molar-refractivity contribution >= 4 is 11.5 Å². The molecule has 1 aromatic carbocycles. The molecule has 1 saturated carbocycles. The van der Waals surface area contributed by atoms with Crippen LogP contribution >= 0.6 is 0 Å². The van der Waals surface area contributed by atoms with Crippen LogP contribution in [0.15, 0.2) is 18.5 Å². The van der Waals surface area contributed by atoms with Gasteiger partial charge in [0.05, 0.1) is 23.9 Å². The van der Waals surface area contributed by atoms with E-state index in [4.69, 9.17) is 16.2 Å². The summed E-state index contributed by atoms with van der Waals surface area (Å²) in [5, 5.41) is 0. The summed E-state index contributed by atoms with van der Waals surface area (Å²) in [4.78, 5) is 10.4. The van der Waals surface area contributed by atoms with Gasteiger partial charge in [-0.3, -0.25) is 0 Å². The molecule has 0 amide bonds. The second-order valence-corrected chi connectivity index (χ2v) is 9.92. The Morgan fingerprint density at radius 3 is 2.52 bits per heavy atom. The van der Waals surface area contributed by atoms with Crippen LogP contribution in [0.2, 0.25) is 0 Å². The standard InChI is InChI=1S/C24H32F3N5O/c1-23(2)12-17-16(20-19(23)22(29)31-13-30-20)8-9-18(33-15-6-4-14(28)5-7-15)21(17)32(3)11-10-24(25,26)27/h8-9,13-15H,4-7,10-12,28H2,1-3H3,(H2,29,30,31)/t14-,15-. The van der Waals surface area contributed by atoms with Crippen LogP contribution in [0.1, 0.15) is 57.1 Å². The predicted molar refractivity (Wildman–Crippen MR) is 123 cm³/mol. The van der Waals surface area contributed by atoms with Gasteiger partial charge in [0.25, 0.3) is 0 Å². The maximum atomic E-state index is 13.0. The largest absolute Gasteiger partial charge is 0.488 e. The number of alkyl halides is 3. The molecule has 0 unspecified atom stereocenters. The quantitative estimate of drug-likeness (QED) is 0.674. The minimum Gasteiger partial charge on any atom is -0.488 e. The zero-order valence-electron chi connectivity index (χ0n) is 19.4. The molecular weight excluding hydrogens is 431 g/mol. The molecule has 2 aliphatic carbocycles. The highest BCUT2D eigenvalue weighted by Gasteiger charge is 2.38. The molecule has 1 heterocycles. The van der Waals surface area contributed by atoms with Crippen molar-refractivity contribution in [2.75, 3.05) is 24.2 Å². The van der Waals surface area contributed by atoms with Gasteiger partial charge in [-0.25, -0.2) is 9.97 Å². The molecule has 2 aliphatic rings. The molecule has 1 fully saturated rings. The first-order chi connectivity index (χ1) is 15.5. The van der Waals surface area contributed by atoms with Crippen molar-refractivity contribution in [3.8, 4) is 17.0 Å². The number of nitrogen functional groups attached to an aromatic ring is 1. The first-order valence-corrected chi connectivity index (χ1v) is 11.4. The molecule has 4 N–H and O–H groups in total. The average Bonchev–Trinajstić information content (AvgIpc) is 2.72. The van der Waals surface area contributed by atoms with E-state index in [2.05, 4.69) is 23.8 Å². The lowest BCUT2D eigenvalue weighted by Gasteiger charge is -2.37. The number of hydrogen-bond acceptors (Lipinski definition) is 6. The van der Waals surface area contributed by atoms with Crippen LogP contribution in [0.25, 0.3) is 11.3 Å². The normalized spacial score (nSPS) is 21.8. The summed E-state index contributed by atoms with van der Waals surface area (Å²) >= 11 is 0. The third-order valence-corrected chi connectivity index (χ3v) is 6.80. The van der Waals surface area contributed by atoms with Crippen molar-refractivity contribution in [2.24, 2.45) is 5.73 Å². The van der Waals surface area contributed by atoms with Gasteiger partial charge in [0.1, 0.15) is 17.9 Å². The highest BCUT2D eigenvalue weighted by molar-refractivity contribution is 5.83. The Labute approximate surface area is 192 Å². The van der Waals surface area contributed by atoms with E-state index in [0.717, 1.165) is 48.1 Å². The van der Waals surface area contributed by atoms with Crippen LogP contribution in [0.5, 0.6) is 5.75 Å². The Morgan fingerprint density at radius 2 is 1.85 bits per heavy atom. The van der Waals surface area contributed by atoms with E-state index < -0.39 is 12.6 Å². The molecule has 9 heteroatoms. The number of aromatic nitrogens is 2. The minimum atomic E-state index is -4.24. The van der Waals surface area contributed by atoms with Crippen molar-refractivity contribution in [1.29, 1.82) is 0 Å². The number of rotatable bonds is 5. The van der Waals surface area contributed by atoms with Crippen LogP contribution in [-0.2, 0) is 11.8 Å². The van der Waals surface area contributed by atoms with Crippen LogP contribution in [-0.4, -0.2) is 41.9 Å². The molecule has 2 aromatic rings. The number of halogens is 3. The summed E-state index contributed by atoms with van der Waals surface area (Å²) in [5.41, 5.74) is 16.0. The van der Waals surface area contributed by atoms with Gasteiger partial charge in [-0.2, -0.15) is 13.2 Å². The number of fused-ring (bicyclic) bond motifs is 3. The Balaban J connectivity index is 1.79. The second kappa shape index (κ2) is 8.66. The molecule has 0 spiro atoms. The Morgan fingerprint density at radius 1 is 1.15 bits per heavy atom. The van der Waals surface area contributed by atoms with E-state index in [9.17, 15) is 13.2 Å². The first-order valence-electron chi connectivity index (χ1n) is 11.4. The predicted octanol–water partition coefficient (Wildman–Crippen LogP) is 4.60. The van der Waals surface area contributed by atoms with Crippen LogP contribution < -0.4 is 21.1 Å². The fourth-order valence-corrected chi connectivity index (χ4v) is 5.12. The highest BCUT2D eigenvalue weighted by Crippen LogP contribution is 2.49. The van der Waals surface area contributed by atoms with Crippen molar-refractivity contribution < 1.29 is 17.9 Å². The third-order valence-electron chi connectivity index (χ3n) is 6.80. The molecular formula is C24H32F3N5O. The van der Waals surface area contributed by atoms with Crippen molar-refractivity contribution in [2.45, 2.75) is 76.1 Å². The molecule has 1 aromatic heterocycles. The van der Waals surface area contributed by atoms with Crippen molar-refractivity contribution in [1.82, 2.24) is 9.97 Å². The zero-order valence-corrected chi connectivity index (χ0v) is 19.4. The van der Waals surface area contributed by atoms with Gasteiger partial charge in [0.2, 0.25) is 0 Å². The number of hydrogen-bond donors (Lipinski definition) is 2. The number of nitrogens with zero attached hydrogens (tertiary/aromatic N) is 3. The fraction of sp³-hybridized carbons (Fsp3) is 0.583. The lowest BCUT2D eigenvalue weighted by Crippen LogP contribution is -2.33. The molecule has 6 nitrogen and oxygen atoms in total. The smallest absolute Gasteiger partial charge is 0.390 e. The van der Waals surface area contributed by atoms with Crippen molar-refractivity contribution in [3.05, 3.63) is 29.6 Å². The van der Waals surface area contributed by atoms with E-state index in [1.165, 1.54) is 6.33 Å². The first kappa shape index (κ1) is 23.6. The van der Waals surface area contributed by atoms with Gasteiger partial charge in [-0.15, -0.1) is 0 Å². The van der Waals surface area contributed by atoms with Gasteiger partial charge < -0.3 is 21.1 Å². The summed E-state index contributed by atoms with van der Waals surface area (Å²) in [7, 11) is 1.70. The molecule has 4 rings (SSSR count). The SMILES string of the molecule is CN(CCC(F)(F)F)c1c(O[C@H]2CC[C@H](N)CC2)ccc2c1CC(C)(C)c1c(N)ncnc1-2. The fourth-order valence-electron chi connectivity index (χ4n) is 5.12. The maximum absolute atomic E-state index is 13.0. The molecule has 0 saturated heterocycles. The Bertz CT molecular complexity index is 1020. The van der Waals surface area contributed by atoms with Crippen LogP contribution in [0, 0.1) is 0 Å². The summed E-state index contributed by atoms with van der Waals surface area (Å²) < 4.78 is 45.5. The number of benzene rings is 1. The summed E-state index contributed by atoms with van der Waals surface area (Å²) in [6, 6.07) is 3.98. The topological polar surface area (TPSA) is 90.3 Å². The highest BCUT2D eigenvalue weighted by atomic mass is 19.4. The molecule has 0 atom stereocenters. The van der Waals surface area contributed by atoms with Gasteiger partial charge in [0.15, 0.2) is 0 Å². The van der Waals surface area contributed by atoms with E-state index >= 15 is 0 Å². The second-order valence-electron chi connectivity index (χ2n) is 9.92. The van der Waals surface area contributed by atoms with Crippen molar-refractivity contribution in [3.63, 3.8) is 0 Å². The van der Waals surface area contributed by atoms with E-state index in [1.54, 1.807) is 11.9 Å². The monoisotopic (exact) mass is 463 g/mol. The van der Waals surface area contributed by atoms with Gasteiger partial charge >= 0.3 is 6.18 Å². The molecule has 180 valence electrons. The van der Waals surface area contributed by atoms with Gasteiger partial charge in [0, 0.05) is 30.8 Å². The summed E-state index contributed by atoms with van der Waals surface area (Å²) in [5.74, 6) is 1.04. The van der Waals surface area contributed by atoms with E-state index in [1.807, 2.05) is 12.1 Å². The molecule has 0 aliphatic heterocycles. The third kappa shape index (κ3) is 4.88. The maximum Gasteiger partial charge on any atom is 0.390 e. The summed E-state index contributed by atoms with van der Waals surface area (Å²) in [6.45, 7) is 3.96. The van der Waals surface area contributed by atoms with E-state index in [-0.39, 0.29) is 24.1 Å². The number of nitrogens with two attached hydrogens (primary N) is 2. The minimum absolute atomic E-state index is 0.000488. The molecule has 33 heavy (non-hydrogen) atoms. The lowest BCUT2D eigenvalue weighted by molar-refractivity contribution is -0.132. The molecule has 0 radical (unpaired) electrons. The van der Waals surface area contributed by atoms with E-state index in [0.29, 0.717) is 23.7 Å². The number of anilines is 2. The zero-order chi connectivity index (χ0) is 24.0. The number of ether oxygens (including phenoxy) is 1. The lowest BCUT2D eigenvalue weighted by atomic mass is 9.71. The Kier molecular flexibility index (Phi) is 6.20. The average molecular weight is 464 g/mol. The molecule has 0 bridgehead atoms.